The molecule has 128 valence electrons. The fourth-order valence-electron chi connectivity index (χ4n) is 2.70. The first-order valence-corrected chi connectivity index (χ1v) is 8.34. The molecule has 3 rings (SSSR count). The van der Waals surface area contributed by atoms with E-state index < -0.39 is 5.60 Å². The fraction of sp³-hybridized carbons (Fsp3) is 0.444. The topological polar surface area (TPSA) is 79.3 Å². The second kappa shape index (κ2) is 8.30. The van der Waals surface area contributed by atoms with Gasteiger partial charge in [-0.25, -0.2) is 9.97 Å². The Morgan fingerprint density at radius 3 is 3.00 bits per heavy atom. The van der Waals surface area contributed by atoms with Gasteiger partial charge in [-0.15, -0.1) is 0 Å². The minimum absolute atomic E-state index is 0.354. The van der Waals surface area contributed by atoms with Crippen LogP contribution in [0.1, 0.15) is 5.82 Å². The van der Waals surface area contributed by atoms with E-state index in [1.165, 1.54) is 0 Å². The summed E-state index contributed by atoms with van der Waals surface area (Å²) in [7, 11) is 0. The lowest BCUT2D eigenvalue weighted by Crippen LogP contribution is -2.50. The van der Waals surface area contributed by atoms with E-state index in [-0.39, 0.29) is 0 Å². The SMILES string of the molecule is OC1(CNCCc2nccc(-c3ccccc3)n2)CNCCOC1. The lowest BCUT2D eigenvalue weighted by molar-refractivity contribution is -0.0260. The number of β-amino-alcohol motifs (C(OH)–C–C–N with tert-alkyl or cyclic N) is 1. The van der Waals surface area contributed by atoms with Crippen LogP contribution in [-0.2, 0) is 11.2 Å². The predicted molar refractivity (Wildman–Crippen MR) is 92.7 cm³/mol. The zero-order chi connectivity index (χ0) is 16.7. The van der Waals surface area contributed by atoms with E-state index in [0.29, 0.717) is 39.3 Å². The van der Waals surface area contributed by atoms with Crippen molar-refractivity contribution in [1.29, 1.82) is 0 Å². The Morgan fingerprint density at radius 2 is 2.12 bits per heavy atom. The van der Waals surface area contributed by atoms with E-state index in [2.05, 4.69) is 20.6 Å². The highest BCUT2D eigenvalue weighted by Crippen LogP contribution is 2.15. The normalized spacial score (nSPS) is 21.4. The Hall–Kier alpha value is -1.86. The first-order valence-electron chi connectivity index (χ1n) is 8.34. The van der Waals surface area contributed by atoms with Crippen molar-refractivity contribution in [3.05, 3.63) is 48.4 Å². The van der Waals surface area contributed by atoms with E-state index in [9.17, 15) is 5.11 Å². The lowest BCUT2D eigenvalue weighted by Gasteiger charge is -2.26. The monoisotopic (exact) mass is 328 g/mol. The molecule has 6 heteroatoms. The van der Waals surface area contributed by atoms with Crippen molar-refractivity contribution in [3.63, 3.8) is 0 Å². The third kappa shape index (κ3) is 4.82. The minimum Gasteiger partial charge on any atom is -0.385 e. The van der Waals surface area contributed by atoms with E-state index in [0.717, 1.165) is 23.6 Å². The van der Waals surface area contributed by atoms with Gasteiger partial charge in [0.1, 0.15) is 11.4 Å². The van der Waals surface area contributed by atoms with E-state index in [1.54, 1.807) is 6.20 Å². The second-order valence-corrected chi connectivity index (χ2v) is 6.10. The van der Waals surface area contributed by atoms with Crippen LogP contribution in [-0.4, -0.2) is 60.1 Å². The summed E-state index contributed by atoms with van der Waals surface area (Å²) in [5.41, 5.74) is 1.16. The Morgan fingerprint density at radius 1 is 1.25 bits per heavy atom. The third-order valence-electron chi connectivity index (χ3n) is 4.00. The Kier molecular flexibility index (Phi) is 5.87. The molecule has 24 heavy (non-hydrogen) atoms. The number of benzene rings is 1. The Balaban J connectivity index is 1.50. The number of rotatable bonds is 6. The molecule has 1 atom stereocenters. The van der Waals surface area contributed by atoms with Gasteiger partial charge in [0, 0.05) is 44.4 Å². The molecule has 0 bridgehead atoms. The summed E-state index contributed by atoms with van der Waals surface area (Å²) in [6.07, 6.45) is 2.51. The molecule has 0 radical (unpaired) electrons. The first-order chi connectivity index (χ1) is 11.8. The quantitative estimate of drug-likeness (QED) is 0.675. The van der Waals surface area contributed by atoms with Gasteiger partial charge in [0.25, 0.3) is 0 Å². The summed E-state index contributed by atoms with van der Waals surface area (Å²) in [5.74, 6) is 0.797. The molecule has 1 aliphatic rings. The van der Waals surface area contributed by atoms with Crippen molar-refractivity contribution in [2.24, 2.45) is 0 Å². The van der Waals surface area contributed by atoms with Gasteiger partial charge in [-0.1, -0.05) is 30.3 Å². The van der Waals surface area contributed by atoms with E-state index in [4.69, 9.17) is 4.74 Å². The van der Waals surface area contributed by atoms with Crippen LogP contribution in [0.5, 0.6) is 0 Å². The van der Waals surface area contributed by atoms with Gasteiger partial charge in [0.05, 0.1) is 18.9 Å². The maximum atomic E-state index is 10.5. The van der Waals surface area contributed by atoms with Crippen LogP contribution in [0.25, 0.3) is 11.3 Å². The van der Waals surface area contributed by atoms with Crippen molar-refractivity contribution >= 4 is 0 Å². The van der Waals surface area contributed by atoms with Crippen LogP contribution in [0.3, 0.4) is 0 Å². The molecule has 1 unspecified atom stereocenters. The largest absolute Gasteiger partial charge is 0.385 e. The first kappa shape index (κ1) is 17.0. The molecule has 1 saturated heterocycles. The summed E-state index contributed by atoms with van der Waals surface area (Å²) in [4.78, 5) is 8.94. The van der Waals surface area contributed by atoms with Gasteiger partial charge in [-0.3, -0.25) is 0 Å². The molecule has 0 aliphatic carbocycles. The van der Waals surface area contributed by atoms with Crippen molar-refractivity contribution < 1.29 is 9.84 Å². The molecule has 1 aromatic heterocycles. The van der Waals surface area contributed by atoms with Crippen LogP contribution >= 0.6 is 0 Å². The second-order valence-electron chi connectivity index (χ2n) is 6.10. The molecule has 2 heterocycles. The number of hydrogen-bond acceptors (Lipinski definition) is 6. The standard InChI is InChI=1S/C18H24N4O2/c23-18(13-20-10-11-24-14-18)12-19-8-7-17-21-9-6-16(22-17)15-4-2-1-3-5-15/h1-6,9,19-20,23H,7-8,10-14H2. The molecule has 0 spiro atoms. The Bertz CT molecular complexity index is 628. The number of ether oxygens (including phenoxy) is 1. The number of hydrogen-bond donors (Lipinski definition) is 3. The smallest absolute Gasteiger partial charge is 0.130 e. The van der Waals surface area contributed by atoms with Crippen LogP contribution in [0.4, 0.5) is 0 Å². The minimum atomic E-state index is -0.858. The van der Waals surface area contributed by atoms with Gasteiger partial charge < -0.3 is 20.5 Å². The third-order valence-corrected chi connectivity index (χ3v) is 4.00. The zero-order valence-corrected chi connectivity index (χ0v) is 13.7. The highest BCUT2D eigenvalue weighted by atomic mass is 16.5. The summed E-state index contributed by atoms with van der Waals surface area (Å²) in [5, 5.41) is 16.9. The summed E-state index contributed by atoms with van der Waals surface area (Å²) in [6, 6.07) is 12.0. The molecule has 3 N–H and O–H groups in total. The summed E-state index contributed by atoms with van der Waals surface area (Å²) in [6.45, 7) is 3.51. The molecule has 1 aliphatic heterocycles. The van der Waals surface area contributed by atoms with Crippen molar-refractivity contribution in [2.45, 2.75) is 12.0 Å². The van der Waals surface area contributed by atoms with Crippen LogP contribution in [0.2, 0.25) is 0 Å². The maximum Gasteiger partial charge on any atom is 0.130 e. The number of aromatic nitrogens is 2. The average molecular weight is 328 g/mol. The van der Waals surface area contributed by atoms with Gasteiger partial charge in [0.15, 0.2) is 0 Å². The van der Waals surface area contributed by atoms with Crippen molar-refractivity contribution in [1.82, 2.24) is 20.6 Å². The molecule has 0 saturated carbocycles. The van der Waals surface area contributed by atoms with Crippen molar-refractivity contribution in [2.75, 3.05) is 39.4 Å². The van der Waals surface area contributed by atoms with Crippen LogP contribution < -0.4 is 10.6 Å². The predicted octanol–water partition coefficient (Wildman–Crippen LogP) is 0.627. The maximum absolute atomic E-state index is 10.5. The molecule has 0 amide bonds. The Labute approximate surface area is 142 Å². The number of aliphatic hydroxyl groups is 1. The molecule has 6 nitrogen and oxygen atoms in total. The zero-order valence-electron chi connectivity index (χ0n) is 13.7. The fourth-order valence-corrected chi connectivity index (χ4v) is 2.70. The molecule has 1 fully saturated rings. The molecule has 2 aromatic rings. The lowest BCUT2D eigenvalue weighted by atomic mass is 10.1. The molecular weight excluding hydrogens is 304 g/mol. The summed E-state index contributed by atoms with van der Waals surface area (Å²) >= 11 is 0. The van der Waals surface area contributed by atoms with Gasteiger partial charge in [-0.2, -0.15) is 0 Å². The van der Waals surface area contributed by atoms with Gasteiger partial charge >= 0.3 is 0 Å². The van der Waals surface area contributed by atoms with Crippen LogP contribution in [0.15, 0.2) is 42.6 Å². The summed E-state index contributed by atoms with van der Waals surface area (Å²) < 4.78 is 5.41. The van der Waals surface area contributed by atoms with Gasteiger partial charge in [0.2, 0.25) is 0 Å². The highest BCUT2D eigenvalue weighted by Gasteiger charge is 2.28. The number of nitrogens with one attached hydrogen (secondary N) is 2. The van der Waals surface area contributed by atoms with E-state index >= 15 is 0 Å². The van der Waals surface area contributed by atoms with E-state index in [1.807, 2.05) is 36.4 Å². The van der Waals surface area contributed by atoms with Crippen LogP contribution in [0, 0.1) is 0 Å². The highest BCUT2D eigenvalue weighted by molar-refractivity contribution is 5.58. The van der Waals surface area contributed by atoms with Gasteiger partial charge in [-0.05, 0) is 6.07 Å². The van der Waals surface area contributed by atoms with Crippen molar-refractivity contribution in [3.8, 4) is 11.3 Å². The number of nitrogens with zero attached hydrogens (tertiary/aromatic N) is 2. The molecule has 1 aromatic carbocycles. The molecular formula is C18H24N4O2. The average Bonchev–Trinajstić information content (AvgIpc) is 2.85.